The van der Waals surface area contributed by atoms with Crippen LogP contribution >= 0.6 is 0 Å². The van der Waals surface area contributed by atoms with E-state index in [0.717, 1.165) is 12.8 Å². The van der Waals surface area contributed by atoms with Crippen LogP contribution in [0, 0.1) is 11.7 Å². The number of rotatable bonds is 7. The van der Waals surface area contributed by atoms with Crippen molar-refractivity contribution in [1.82, 2.24) is 5.32 Å². The molecule has 0 saturated carbocycles. The number of anilines is 1. The molecular weight excluding hydrogens is 243 g/mol. The predicted molar refractivity (Wildman–Crippen MR) is 76.6 cm³/mol. The van der Waals surface area contributed by atoms with Crippen molar-refractivity contribution in [2.45, 2.75) is 39.7 Å². The Morgan fingerprint density at radius 2 is 1.89 bits per heavy atom. The van der Waals surface area contributed by atoms with Crippen LogP contribution in [0.25, 0.3) is 0 Å². The molecule has 0 saturated heterocycles. The predicted octanol–water partition coefficient (Wildman–Crippen LogP) is 3.18. The minimum atomic E-state index is -0.307. The maximum atomic E-state index is 12.7. The smallest absolute Gasteiger partial charge is 0.238 e. The Hall–Kier alpha value is -1.42. The van der Waals surface area contributed by atoms with Crippen LogP contribution in [-0.4, -0.2) is 18.5 Å². The second-order valence-electron chi connectivity index (χ2n) is 5.09. The molecule has 0 aliphatic heterocycles. The summed E-state index contributed by atoms with van der Waals surface area (Å²) >= 11 is 0. The number of benzene rings is 1. The Bertz CT molecular complexity index is 392. The Morgan fingerprint density at radius 3 is 2.47 bits per heavy atom. The fraction of sp³-hybridized carbons (Fsp3) is 0.533. The minimum absolute atomic E-state index is 0.109. The third-order valence-electron chi connectivity index (χ3n) is 3.19. The van der Waals surface area contributed by atoms with Crippen molar-refractivity contribution >= 4 is 11.6 Å². The molecule has 2 unspecified atom stereocenters. The van der Waals surface area contributed by atoms with E-state index in [1.165, 1.54) is 12.1 Å². The molecule has 0 aromatic heterocycles. The fourth-order valence-electron chi connectivity index (χ4n) is 1.86. The van der Waals surface area contributed by atoms with Gasteiger partial charge in [0, 0.05) is 11.7 Å². The highest BCUT2D eigenvalue weighted by Gasteiger charge is 2.09. The summed E-state index contributed by atoms with van der Waals surface area (Å²) in [6.07, 6.45) is 2.20. The molecule has 106 valence electrons. The van der Waals surface area contributed by atoms with E-state index >= 15 is 0 Å². The van der Waals surface area contributed by atoms with E-state index in [1.807, 2.05) is 0 Å². The Labute approximate surface area is 114 Å². The third-order valence-corrected chi connectivity index (χ3v) is 3.19. The maximum Gasteiger partial charge on any atom is 0.238 e. The van der Waals surface area contributed by atoms with Crippen molar-refractivity contribution in [2.24, 2.45) is 5.92 Å². The van der Waals surface area contributed by atoms with E-state index in [-0.39, 0.29) is 18.3 Å². The molecule has 19 heavy (non-hydrogen) atoms. The standard InChI is InChI=1S/C15H23FN2O/c1-4-11(2)9-12(3)17-10-15(19)18-14-7-5-13(16)6-8-14/h5-8,11-12,17H,4,9-10H2,1-3H3,(H,18,19). The topological polar surface area (TPSA) is 41.1 Å². The molecule has 3 nitrogen and oxygen atoms in total. The van der Waals surface area contributed by atoms with Crippen molar-refractivity contribution in [1.29, 1.82) is 0 Å². The first-order valence-electron chi connectivity index (χ1n) is 6.80. The Kier molecular flexibility index (Phi) is 6.50. The number of halogens is 1. The maximum absolute atomic E-state index is 12.7. The second-order valence-corrected chi connectivity index (χ2v) is 5.09. The van der Waals surface area contributed by atoms with Crippen LogP contribution in [0.2, 0.25) is 0 Å². The van der Waals surface area contributed by atoms with Gasteiger partial charge in [-0.2, -0.15) is 0 Å². The van der Waals surface area contributed by atoms with Crippen LogP contribution in [-0.2, 0) is 4.79 Å². The first kappa shape index (κ1) is 15.6. The monoisotopic (exact) mass is 266 g/mol. The van der Waals surface area contributed by atoms with E-state index in [1.54, 1.807) is 12.1 Å². The van der Waals surface area contributed by atoms with E-state index in [2.05, 4.69) is 31.4 Å². The molecule has 0 heterocycles. The summed E-state index contributed by atoms with van der Waals surface area (Å²) in [6, 6.07) is 6.07. The molecule has 1 rings (SSSR count). The fourth-order valence-corrected chi connectivity index (χ4v) is 1.86. The zero-order valence-corrected chi connectivity index (χ0v) is 11.9. The molecule has 2 atom stereocenters. The largest absolute Gasteiger partial charge is 0.325 e. The lowest BCUT2D eigenvalue weighted by Crippen LogP contribution is -2.35. The van der Waals surface area contributed by atoms with Crippen molar-refractivity contribution in [3.05, 3.63) is 30.1 Å². The van der Waals surface area contributed by atoms with Gasteiger partial charge in [0.05, 0.1) is 6.54 Å². The number of amides is 1. The molecular formula is C15H23FN2O. The van der Waals surface area contributed by atoms with Gasteiger partial charge in [0.1, 0.15) is 5.82 Å². The number of hydrogen-bond acceptors (Lipinski definition) is 2. The van der Waals surface area contributed by atoms with E-state index in [0.29, 0.717) is 17.6 Å². The van der Waals surface area contributed by atoms with Gasteiger partial charge in [-0.25, -0.2) is 4.39 Å². The normalized spacial score (nSPS) is 13.9. The zero-order valence-electron chi connectivity index (χ0n) is 11.9. The van der Waals surface area contributed by atoms with E-state index < -0.39 is 0 Å². The molecule has 0 fully saturated rings. The molecule has 0 spiro atoms. The third kappa shape index (κ3) is 6.34. The number of nitrogens with one attached hydrogen (secondary N) is 2. The summed E-state index contributed by atoms with van der Waals surface area (Å²) in [5.74, 6) is 0.239. The lowest BCUT2D eigenvalue weighted by molar-refractivity contribution is -0.115. The molecule has 4 heteroatoms. The Balaban J connectivity index is 2.29. The van der Waals surface area contributed by atoms with Gasteiger partial charge in [-0.05, 0) is 43.5 Å². The van der Waals surface area contributed by atoms with E-state index in [9.17, 15) is 9.18 Å². The van der Waals surface area contributed by atoms with Crippen LogP contribution in [0.4, 0.5) is 10.1 Å². The van der Waals surface area contributed by atoms with Gasteiger partial charge in [-0.15, -0.1) is 0 Å². The molecule has 0 radical (unpaired) electrons. The van der Waals surface area contributed by atoms with Gasteiger partial charge in [0.2, 0.25) is 5.91 Å². The number of carbonyl (C=O) groups is 1. The van der Waals surface area contributed by atoms with Gasteiger partial charge in [-0.1, -0.05) is 20.3 Å². The average Bonchev–Trinajstić information content (AvgIpc) is 2.39. The highest BCUT2D eigenvalue weighted by Crippen LogP contribution is 2.10. The van der Waals surface area contributed by atoms with Crippen LogP contribution < -0.4 is 10.6 Å². The van der Waals surface area contributed by atoms with Crippen molar-refractivity contribution < 1.29 is 9.18 Å². The molecule has 0 aliphatic rings. The van der Waals surface area contributed by atoms with Gasteiger partial charge in [0.15, 0.2) is 0 Å². The first-order chi connectivity index (χ1) is 9.01. The van der Waals surface area contributed by atoms with Gasteiger partial charge in [0.25, 0.3) is 0 Å². The molecule has 0 aliphatic carbocycles. The second kappa shape index (κ2) is 7.89. The zero-order chi connectivity index (χ0) is 14.3. The van der Waals surface area contributed by atoms with Crippen LogP contribution in [0.3, 0.4) is 0 Å². The number of carbonyl (C=O) groups excluding carboxylic acids is 1. The molecule has 1 amide bonds. The lowest BCUT2D eigenvalue weighted by Gasteiger charge is -2.17. The highest BCUT2D eigenvalue weighted by atomic mass is 19.1. The SMILES string of the molecule is CCC(C)CC(C)NCC(=O)Nc1ccc(F)cc1. The molecule has 2 N–H and O–H groups in total. The average molecular weight is 266 g/mol. The summed E-state index contributed by atoms with van der Waals surface area (Å²) in [6.45, 7) is 6.72. The summed E-state index contributed by atoms with van der Waals surface area (Å²) in [5, 5.41) is 5.92. The van der Waals surface area contributed by atoms with Gasteiger partial charge >= 0.3 is 0 Å². The number of hydrogen-bond donors (Lipinski definition) is 2. The summed E-state index contributed by atoms with van der Waals surface area (Å²) in [7, 11) is 0. The first-order valence-corrected chi connectivity index (χ1v) is 6.80. The summed E-state index contributed by atoms with van der Waals surface area (Å²) < 4.78 is 12.7. The summed E-state index contributed by atoms with van der Waals surface area (Å²) in [5.41, 5.74) is 0.614. The Morgan fingerprint density at radius 1 is 1.26 bits per heavy atom. The minimum Gasteiger partial charge on any atom is -0.325 e. The van der Waals surface area contributed by atoms with E-state index in [4.69, 9.17) is 0 Å². The molecule has 1 aromatic carbocycles. The van der Waals surface area contributed by atoms with Gasteiger partial charge < -0.3 is 10.6 Å². The quantitative estimate of drug-likeness (QED) is 0.796. The summed E-state index contributed by atoms with van der Waals surface area (Å²) in [4.78, 5) is 11.7. The molecule has 0 bridgehead atoms. The van der Waals surface area contributed by atoms with Crippen LogP contribution in [0.1, 0.15) is 33.6 Å². The lowest BCUT2D eigenvalue weighted by atomic mass is 10.0. The van der Waals surface area contributed by atoms with Crippen LogP contribution in [0.5, 0.6) is 0 Å². The van der Waals surface area contributed by atoms with Crippen LogP contribution in [0.15, 0.2) is 24.3 Å². The van der Waals surface area contributed by atoms with Crippen molar-refractivity contribution in [3.63, 3.8) is 0 Å². The highest BCUT2D eigenvalue weighted by molar-refractivity contribution is 5.92. The van der Waals surface area contributed by atoms with Gasteiger partial charge in [-0.3, -0.25) is 4.79 Å². The van der Waals surface area contributed by atoms with Crippen molar-refractivity contribution in [2.75, 3.05) is 11.9 Å². The molecule has 1 aromatic rings. The van der Waals surface area contributed by atoms with Crippen molar-refractivity contribution in [3.8, 4) is 0 Å².